The molecule has 2 fully saturated rings. The number of fused-ring (bicyclic) bond motifs is 1. The highest BCUT2D eigenvalue weighted by Crippen LogP contribution is 2.30. The second kappa shape index (κ2) is 11.1. The molecule has 2 aromatic carbocycles. The second-order valence-corrected chi connectivity index (χ2v) is 9.55. The summed E-state index contributed by atoms with van der Waals surface area (Å²) in [6.07, 6.45) is 0.783. The number of hydrazine groups is 1. The molecule has 0 aromatic heterocycles. The van der Waals surface area contributed by atoms with Crippen LogP contribution < -0.4 is 5.32 Å². The van der Waals surface area contributed by atoms with Crippen molar-refractivity contribution in [3.05, 3.63) is 83.9 Å². The van der Waals surface area contributed by atoms with Gasteiger partial charge < -0.3 is 15.1 Å². The first-order valence-corrected chi connectivity index (χ1v) is 12.2. The molecule has 0 spiro atoms. The van der Waals surface area contributed by atoms with Gasteiger partial charge in [0, 0.05) is 31.3 Å². The van der Waals surface area contributed by atoms with Crippen molar-refractivity contribution in [3.8, 4) is 0 Å². The summed E-state index contributed by atoms with van der Waals surface area (Å²) >= 11 is 0. The number of benzene rings is 2. The molecule has 2 aliphatic heterocycles. The molecule has 196 valence electrons. The lowest BCUT2D eigenvalue weighted by Gasteiger charge is -2.55. The Morgan fingerprint density at radius 2 is 1.89 bits per heavy atom. The fraction of sp³-hybridized carbons (Fsp3) is 0.370. The third-order valence-electron chi connectivity index (χ3n) is 6.60. The largest absolute Gasteiger partial charge is 0.334 e. The lowest BCUT2D eigenvalue weighted by atomic mass is 9.95. The Kier molecular flexibility index (Phi) is 7.87. The Labute approximate surface area is 215 Å². The van der Waals surface area contributed by atoms with Crippen LogP contribution in [0.4, 0.5) is 13.6 Å². The maximum atomic E-state index is 14.5. The van der Waals surface area contributed by atoms with Crippen molar-refractivity contribution in [1.29, 1.82) is 0 Å². The van der Waals surface area contributed by atoms with Crippen molar-refractivity contribution in [1.82, 2.24) is 25.1 Å². The van der Waals surface area contributed by atoms with E-state index in [2.05, 4.69) is 11.9 Å². The standard InChI is InChI=1S/C27H31F2N5O3/c1-4-12-32-17-24(35)33-23(34(32)27(37)30-14-19-8-6-5-7-9-19)16-31(26(36)25(33)18(2)3)15-20-10-11-21(28)13-22(20)29/h4-11,13,18,23,25H,1,12,14-17H2,2-3H3,(H,30,37)/t23-,25-/m0/s1. The van der Waals surface area contributed by atoms with Gasteiger partial charge in [0.05, 0.1) is 13.1 Å². The molecule has 0 aliphatic carbocycles. The molecule has 37 heavy (non-hydrogen) atoms. The van der Waals surface area contributed by atoms with E-state index in [1.54, 1.807) is 11.1 Å². The summed E-state index contributed by atoms with van der Waals surface area (Å²) in [5, 5.41) is 5.97. The number of urea groups is 1. The molecule has 1 N–H and O–H groups in total. The summed E-state index contributed by atoms with van der Waals surface area (Å²) in [5.74, 6) is -2.36. The minimum atomic E-state index is -0.843. The summed E-state index contributed by atoms with van der Waals surface area (Å²) in [6.45, 7) is 7.67. The molecular formula is C27H31F2N5O3. The number of rotatable bonds is 7. The van der Waals surface area contributed by atoms with Crippen LogP contribution in [0, 0.1) is 17.6 Å². The van der Waals surface area contributed by atoms with Gasteiger partial charge in [0.25, 0.3) is 0 Å². The highest BCUT2D eigenvalue weighted by atomic mass is 19.1. The predicted molar refractivity (Wildman–Crippen MR) is 133 cm³/mol. The number of hydrogen-bond donors (Lipinski definition) is 1. The first-order valence-electron chi connectivity index (χ1n) is 12.2. The van der Waals surface area contributed by atoms with Crippen LogP contribution >= 0.6 is 0 Å². The third kappa shape index (κ3) is 5.48. The average Bonchev–Trinajstić information content (AvgIpc) is 2.86. The van der Waals surface area contributed by atoms with E-state index in [0.717, 1.165) is 17.7 Å². The van der Waals surface area contributed by atoms with E-state index in [1.807, 2.05) is 44.2 Å². The minimum absolute atomic E-state index is 0.0307. The van der Waals surface area contributed by atoms with Crippen molar-refractivity contribution in [2.24, 2.45) is 5.92 Å². The SMILES string of the molecule is C=CCN1CC(=O)N2[C@@H](C(C)C)C(=O)N(Cc3ccc(F)cc3F)C[C@@H]2N1C(=O)NCc1ccccc1. The molecule has 2 aliphatic rings. The molecule has 0 radical (unpaired) electrons. The smallest absolute Gasteiger partial charge is 0.333 e. The molecule has 4 rings (SSSR count). The fourth-order valence-corrected chi connectivity index (χ4v) is 4.91. The van der Waals surface area contributed by atoms with Crippen LogP contribution in [0.5, 0.6) is 0 Å². The quantitative estimate of drug-likeness (QED) is 0.580. The predicted octanol–water partition coefficient (Wildman–Crippen LogP) is 3.11. The minimum Gasteiger partial charge on any atom is -0.333 e. The van der Waals surface area contributed by atoms with Gasteiger partial charge in [0.1, 0.15) is 23.8 Å². The summed E-state index contributed by atoms with van der Waals surface area (Å²) < 4.78 is 27.9. The topological polar surface area (TPSA) is 76.2 Å². The van der Waals surface area contributed by atoms with Gasteiger partial charge in [0.2, 0.25) is 11.8 Å². The molecule has 0 bridgehead atoms. The Balaban J connectivity index is 1.66. The van der Waals surface area contributed by atoms with E-state index >= 15 is 0 Å². The van der Waals surface area contributed by atoms with Gasteiger partial charge in [-0.1, -0.05) is 56.3 Å². The van der Waals surface area contributed by atoms with Crippen molar-refractivity contribution >= 4 is 17.8 Å². The maximum absolute atomic E-state index is 14.5. The van der Waals surface area contributed by atoms with Gasteiger partial charge in [0.15, 0.2) is 0 Å². The molecular weight excluding hydrogens is 480 g/mol. The number of piperazine rings is 1. The zero-order chi connectivity index (χ0) is 26.7. The second-order valence-electron chi connectivity index (χ2n) is 9.55. The highest BCUT2D eigenvalue weighted by Gasteiger charge is 2.52. The summed E-state index contributed by atoms with van der Waals surface area (Å²) in [6, 6.07) is 11.3. The van der Waals surface area contributed by atoms with E-state index in [-0.39, 0.29) is 56.0 Å². The first kappa shape index (κ1) is 26.3. The van der Waals surface area contributed by atoms with Crippen molar-refractivity contribution < 1.29 is 23.2 Å². The zero-order valence-corrected chi connectivity index (χ0v) is 20.9. The first-order chi connectivity index (χ1) is 17.7. The van der Waals surface area contributed by atoms with Crippen LogP contribution in [0.3, 0.4) is 0 Å². The lowest BCUT2D eigenvalue weighted by molar-refractivity contribution is -0.192. The molecule has 0 saturated carbocycles. The molecule has 0 unspecified atom stereocenters. The van der Waals surface area contributed by atoms with Gasteiger partial charge in [-0.3, -0.25) is 9.59 Å². The average molecular weight is 512 g/mol. The normalized spacial score (nSPS) is 20.3. The Morgan fingerprint density at radius 1 is 1.16 bits per heavy atom. The van der Waals surface area contributed by atoms with Gasteiger partial charge in [-0.15, -0.1) is 6.58 Å². The summed E-state index contributed by atoms with van der Waals surface area (Å²) in [4.78, 5) is 43.3. The van der Waals surface area contributed by atoms with Gasteiger partial charge >= 0.3 is 6.03 Å². The van der Waals surface area contributed by atoms with E-state index < -0.39 is 29.9 Å². The van der Waals surface area contributed by atoms with Crippen LogP contribution in [-0.4, -0.2) is 69.5 Å². The molecule has 2 heterocycles. The number of carbonyl (C=O) groups excluding carboxylic acids is 3. The van der Waals surface area contributed by atoms with E-state index in [4.69, 9.17) is 0 Å². The number of carbonyl (C=O) groups is 3. The Bertz CT molecular complexity index is 1180. The summed E-state index contributed by atoms with van der Waals surface area (Å²) in [7, 11) is 0. The summed E-state index contributed by atoms with van der Waals surface area (Å²) in [5.41, 5.74) is 1.05. The van der Waals surface area contributed by atoms with E-state index in [0.29, 0.717) is 0 Å². The number of halogens is 2. The van der Waals surface area contributed by atoms with E-state index in [1.165, 1.54) is 20.9 Å². The van der Waals surface area contributed by atoms with Crippen molar-refractivity contribution in [2.75, 3.05) is 19.6 Å². The zero-order valence-electron chi connectivity index (χ0n) is 20.9. The third-order valence-corrected chi connectivity index (χ3v) is 6.60. The van der Waals surface area contributed by atoms with E-state index in [9.17, 15) is 23.2 Å². The van der Waals surface area contributed by atoms with Crippen LogP contribution in [0.2, 0.25) is 0 Å². The van der Waals surface area contributed by atoms with Gasteiger partial charge in [-0.25, -0.2) is 23.6 Å². The van der Waals surface area contributed by atoms with Gasteiger partial charge in [-0.05, 0) is 17.5 Å². The van der Waals surface area contributed by atoms with Crippen LogP contribution in [0.25, 0.3) is 0 Å². The maximum Gasteiger partial charge on any atom is 0.334 e. The van der Waals surface area contributed by atoms with Crippen molar-refractivity contribution in [2.45, 2.75) is 39.1 Å². The number of hydrogen-bond acceptors (Lipinski definition) is 4. The lowest BCUT2D eigenvalue weighted by Crippen LogP contribution is -2.77. The number of nitrogens with zero attached hydrogens (tertiary/aromatic N) is 4. The van der Waals surface area contributed by atoms with Crippen molar-refractivity contribution in [3.63, 3.8) is 0 Å². The molecule has 2 atom stereocenters. The molecule has 8 nitrogen and oxygen atoms in total. The van der Waals surface area contributed by atoms with Crippen LogP contribution in [-0.2, 0) is 22.7 Å². The molecule has 4 amide bonds. The monoisotopic (exact) mass is 511 g/mol. The fourth-order valence-electron chi connectivity index (χ4n) is 4.91. The number of amides is 4. The van der Waals surface area contributed by atoms with Crippen LogP contribution in [0.15, 0.2) is 61.2 Å². The molecule has 2 aromatic rings. The Morgan fingerprint density at radius 3 is 2.54 bits per heavy atom. The van der Waals surface area contributed by atoms with Gasteiger partial charge in [-0.2, -0.15) is 0 Å². The molecule has 10 heteroatoms. The van der Waals surface area contributed by atoms with Crippen LogP contribution in [0.1, 0.15) is 25.0 Å². The Hall–Kier alpha value is -3.79. The highest BCUT2D eigenvalue weighted by molar-refractivity contribution is 5.91. The number of nitrogens with one attached hydrogen (secondary N) is 1. The molecule has 2 saturated heterocycles.